The molecule has 9 aromatic rings. The number of rotatable bonds is 18. The van der Waals surface area contributed by atoms with Gasteiger partial charge in [0.05, 0.1) is 116 Å². The van der Waals surface area contributed by atoms with E-state index in [-0.39, 0.29) is 183 Å². The highest BCUT2D eigenvalue weighted by atomic mass is 19.3. The van der Waals surface area contributed by atoms with Gasteiger partial charge in [0.2, 0.25) is 29.6 Å². The van der Waals surface area contributed by atoms with Gasteiger partial charge < -0.3 is 82.6 Å². The number of nitrogens with zero attached hydrogens (tertiary/aromatic N) is 13. The predicted molar refractivity (Wildman–Crippen MR) is 398 cm³/mol. The summed E-state index contributed by atoms with van der Waals surface area (Å²) in [5, 5.41) is 62.0. The van der Waals surface area contributed by atoms with Gasteiger partial charge in [-0.05, 0) is 86.0 Å². The van der Waals surface area contributed by atoms with Crippen molar-refractivity contribution in [3.05, 3.63) is 182 Å². The number of benzene rings is 3. The number of aliphatic hydroxyl groups is 6. The van der Waals surface area contributed by atoms with E-state index < -0.39 is 125 Å². The zero-order valence-corrected chi connectivity index (χ0v) is 62.9. The molecule has 3 aromatic carbocycles. The first-order valence-electron chi connectivity index (χ1n) is 35.8. The number of amidine groups is 3. The maximum Gasteiger partial charge on any atom is 0.316 e. The third-order valence-corrected chi connectivity index (χ3v) is 19.5. The van der Waals surface area contributed by atoms with E-state index in [9.17, 15) is 43.8 Å². The minimum Gasteiger partial charge on any atom is -0.481 e. The number of aliphatic imine (C=N–C) groups is 3. The lowest BCUT2D eigenvalue weighted by atomic mass is 9.88. The topological polar surface area (TPSA) is 513 Å². The summed E-state index contributed by atoms with van der Waals surface area (Å²) in [4.78, 5) is 69.4. The summed E-state index contributed by atoms with van der Waals surface area (Å²) in [6.07, 6.45) is -7.14. The number of hydrogen-bond donors (Lipinski definition) is 14. The number of fused-ring (bicyclic) bond motifs is 3. The van der Waals surface area contributed by atoms with Crippen LogP contribution in [0, 0.1) is 38.2 Å². The van der Waals surface area contributed by atoms with Crippen molar-refractivity contribution in [2.75, 3.05) is 83.8 Å². The predicted octanol–water partition coefficient (Wildman–Crippen LogP) is 3.99. The fourth-order valence-corrected chi connectivity index (χ4v) is 13.7. The maximum atomic E-state index is 16.2. The summed E-state index contributed by atoms with van der Waals surface area (Å²) in [6.45, 7) is 3.77. The Hall–Kier alpha value is -11.8. The van der Waals surface area contributed by atoms with Crippen molar-refractivity contribution in [3.63, 3.8) is 0 Å². The molecule has 3 fully saturated rings. The first kappa shape index (κ1) is 84.1. The Morgan fingerprint density at radius 2 is 0.831 bits per heavy atom. The SMILES string of the molecule is COc1cccc(-c2cc(F)ccc2[C@@H]2N=C(NOCC3NCC(O)C3O)c3c(C)nc(N)nc3C2(F)F)n1.COc1cccc(-c2cc(F)ccc2[C@@H]2N=C(NOCC3OCC(O)C3O)c3c(C)nc(N)nc3C2(F)F)n1.COc1nc(-c2cc(F)ccc2[C@@H]2N=C(NOCC3OCC(O)C3O)c3c(C)nc(N)nc3C2(F)F)cnc1N. The van der Waals surface area contributed by atoms with Crippen molar-refractivity contribution in [2.24, 2.45) is 15.0 Å². The zero-order chi connectivity index (χ0) is 84.6. The summed E-state index contributed by atoms with van der Waals surface area (Å²) in [7, 11) is 4.10. The third-order valence-electron chi connectivity index (χ3n) is 19.5. The first-order valence-corrected chi connectivity index (χ1v) is 35.8. The number of nitrogen functional groups attached to an aromatic ring is 4. The molecule has 6 aromatic heterocycles. The van der Waals surface area contributed by atoms with Crippen LogP contribution in [0.25, 0.3) is 33.8 Å². The Morgan fingerprint density at radius 3 is 1.17 bits per heavy atom. The van der Waals surface area contributed by atoms with Crippen LogP contribution in [0.2, 0.25) is 0 Å². The second kappa shape index (κ2) is 34.4. The van der Waals surface area contributed by atoms with E-state index in [1.165, 1.54) is 66.5 Å². The number of nitrogens with one attached hydrogen (secondary N) is 4. The molecule has 15 rings (SSSR count). The van der Waals surface area contributed by atoms with Crippen LogP contribution in [0.3, 0.4) is 0 Å². The quantitative estimate of drug-likeness (QED) is 0.0426. The number of ether oxygens (including phenoxy) is 5. The summed E-state index contributed by atoms with van der Waals surface area (Å²) in [6, 6.07) is 13.0. The number of alkyl halides is 6. The molecule has 6 aliphatic heterocycles. The van der Waals surface area contributed by atoms with E-state index in [1.807, 2.05) is 0 Å². The minimum absolute atomic E-state index is 0.00687. The largest absolute Gasteiger partial charge is 0.481 e. The van der Waals surface area contributed by atoms with Crippen LogP contribution in [-0.2, 0) is 41.8 Å². The molecule has 0 aliphatic carbocycles. The maximum absolute atomic E-state index is 16.2. The van der Waals surface area contributed by atoms with E-state index in [0.29, 0.717) is 0 Å². The molecule has 6 aliphatic rings. The smallest absolute Gasteiger partial charge is 0.316 e. The number of aliphatic hydroxyl groups excluding tert-OH is 6. The summed E-state index contributed by atoms with van der Waals surface area (Å²) in [5.41, 5.74) is 28.7. The lowest BCUT2D eigenvalue weighted by Gasteiger charge is -2.32. The molecule has 118 heavy (non-hydrogen) atoms. The number of aromatic nitrogens is 10. The molecule has 9 unspecified atom stereocenters. The van der Waals surface area contributed by atoms with Crippen molar-refractivity contribution in [2.45, 2.75) is 112 Å². The van der Waals surface area contributed by atoms with Crippen LogP contribution in [0.4, 0.5) is 63.2 Å². The third kappa shape index (κ3) is 17.0. The van der Waals surface area contributed by atoms with Crippen molar-refractivity contribution >= 4 is 41.2 Å². The van der Waals surface area contributed by atoms with Gasteiger partial charge in [0.25, 0.3) is 5.88 Å². The Balaban J connectivity index is 0.000000153. The highest BCUT2D eigenvalue weighted by molar-refractivity contribution is 6.03. The molecule has 35 nitrogen and oxygen atoms in total. The Kier molecular flexibility index (Phi) is 24.5. The highest BCUT2D eigenvalue weighted by Gasteiger charge is 2.55. The van der Waals surface area contributed by atoms with Crippen LogP contribution in [0.5, 0.6) is 17.6 Å². The van der Waals surface area contributed by atoms with Gasteiger partial charge in [0.15, 0.2) is 23.3 Å². The van der Waals surface area contributed by atoms with Crippen molar-refractivity contribution in [1.29, 1.82) is 0 Å². The van der Waals surface area contributed by atoms with Crippen LogP contribution in [0.15, 0.2) is 112 Å². The van der Waals surface area contributed by atoms with E-state index in [4.69, 9.17) is 61.1 Å². The molecule has 18 N–H and O–H groups in total. The number of hydroxylamine groups is 3. The molecule has 0 radical (unpaired) electrons. The lowest BCUT2D eigenvalue weighted by Crippen LogP contribution is -2.42. The monoisotopic (exact) mass is 1650 g/mol. The average Bonchev–Trinajstić information content (AvgIpc) is 0.941. The zero-order valence-electron chi connectivity index (χ0n) is 62.9. The standard InChI is InChI=1S/C25H26F3N7O4.C25H25F3N6O5.C24H25F3N8O5/c1-11-19-22(34-24(29)31-11)25(27,28)21(33-23(19)35-39-10-16-20(37)17(36)9-30-16)13-7-6-12(26)8-14(13)15-4-3-5-18(32-15)38-2;1-11-19-22(33-24(29)30-11)25(27,28)21(32-23(19)34-39-10-17-20(36)16(35)9-38-17)13-7-6-12(26)8-14(13)15-4-3-5-18(31-15)37-2;1-9-16-19(34-23(29)31-9)24(26,27)18(33-21(16)35-40-8-15-17(37)14(36)7-39-15)11-4-3-10(25)5-12(11)13-6-30-20(28)22(32-13)38-2/h3-8,16-17,20-21,30,36-37H,9-10H2,1-2H3,(H,33,35)(H2,29,31,34);3-8,16-17,20-21,35-36H,9-10H2,1-2H3,(H,32,34)(H2,29,30,33);3-6,14-15,17-18,36-37H,7-8H2,1-2H3,(H2,28,30)(H,33,35)(H2,29,31,34)/t2*16?,17?,20?,21-;14?,15?,17?,18-/m000/s1. The molecule has 0 spiro atoms. The highest BCUT2D eigenvalue weighted by Crippen LogP contribution is 2.53. The molecule has 0 amide bonds. The number of nitrogens with two attached hydrogens (primary N) is 4. The van der Waals surface area contributed by atoms with E-state index in [1.54, 1.807) is 30.3 Å². The number of methoxy groups -OCH3 is 3. The van der Waals surface area contributed by atoms with Gasteiger partial charge in [-0.3, -0.25) is 29.5 Å². The second-order valence-electron chi connectivity index (χ2n) is 27.3. The van der Waals surface area contributed by atoms with Crippen molar-refractivity contribution < 1.29 is 108 Å². The fraction of sp³-hybridized carbons (Fsp3) is 0.365. The van der Waals surface area contributed by atoms with Gasteiger partial charge in [0.1, 0.15) is 102 Å². The van der Waals surface area contributed by atoms with Crippen molar-refractivity contribution in [1.82, 2.24) is 71.6 Å². The first-order chi connectivity index (χ1) is 56.2. The molecule has 0 saturated carbocycles. The number of hydrogen-bond acceptors (Lipinski definition) is 35. The van der Waals surface area contributed by atoms with E-state index in [0.717, 1.165) is 42.5 Å². The number of pyridine rings is 2. The molecule has 3 saturated heterocycles. The van der Waals surface area contributed by atoms with Gasteiger partial charge in [-0.15, -0.1) is 0 Å². The van der Waals surface area contributed by atoms with Crippen LogP contribution in [-0.4, -0.2) is 214 Å². The number of halogens is 9. The molecular formula is C74H76F9N21O14. The molecule has 0 bridgehead atoms. The minimum atomic E-state index is -3.75. The van der Waals surface area contributed by atoms with Crippen LogP contribution >= 0.6 is 0 Å². The van der Waals surface area contributed by atoms with Gasteiger partial charge in [-0.2, -0.15) is 26.3 Å². The van der Waals surface area contributed by atoms with E-state index in [2.05, 4.69) is 86.6 Å². The van der Waals surface area contributed by atoms with Gasteiger partial charge in [-0.1, -0.05) is 30.3 Å². The van der Waals surface area contributed by atoms with Crippen LogP contribution in [0.1, 0.15) is 85.7 Å². The van der Waals surface area contributed by atoms with Gasteiger partial charge >= 0.3 is 17.8 Å². The number of anilines is 4. The summed E-state index contributed by atoms with van der Waals surface area (Å²) >= 11 is 0. The number of β-amino-alcohol motifs (C(OH)–C–C–N with tert-alkyl or cyclic N) is 1. The second-order valence-corrected chi connectivity index (χ2v) is 27.3. The Bertz CT molecular complexity index is 5130. The van der Waals surface area contributed by atoms with Gasteiger partial charge in [-0.25, -0.2) is 79.5 Å². The van der Waals surface area contributed by atoms with Crippen molar-refractivity contribution in [3.8, 4) is 51.4 Å². The molecule has 12 atom stereocenters. The average molecular weight is 1650 g/mol. The molecule has 12 heterocycles. The summed E-state index contributed by atoms with van der Waals surface area (Å²) < 4.78 is 166. The number of aryl methyl sites for hydroxylation is 3. The summed E-state index contributed by atoms with van der Waals surface area (Å²) in [5.74, 6) is -14.4. The lowest BCUT2D eigenvalue weighted by molar-refractivity contribution is -0.0502. The normalized spacial score (nSPS) is 23.6. The Morgan fingerprint density at radius 1 is 0.458 bits per heavy atom. The van der Waals surface area contributed by atoms with E-state index >= 15 is 26.3 Å². The molecular weight excluding hydrogens is 1580 g/mol. The molecule has 624 valence electrons. The van der Waals surface area contributed by atoms with Crippen LogP contribution < -0.4 is 58.9 Å². The fourth-order valence-electron chi connectivity index (χ4n) is 13.7. The Labute approximate surface area is 662 Å². The van der Waals surface area contributed by atoms with Gasteiger partial charge in [0, 0.05) is 35.4 Å². The molecule has 44 heteroatoms.